The monoisotopic (exact) mass is 356 g/mol. The van der Waals surface area contributed by atoms with Gasteiger partial charge in [0.05, 0.1) is 30.6 Å². The third-order valence-electron chi connectivity index (χ3n) is 4.92. The Labute approximate surface area is 152 Å². The molecule has 0 radical (unpaired) electrons. The molecular formula is C18H24N6O2. The van der Waals surface area contributed by atoms with Crippen LogP contribution in [0.1, 0.15) is 36.1 Å². The number of ether oxygens (including phenoxy) is 1. The molecule has 2 aliphatic rings. The quantitative estimate of drug-likeness (QED) is 0.876. The highest BCUT2D eigenvalue weighted by molar-refractivity contribution is 5.31. The van der Waals surface area contributed by atoms with Crippen LogP contribution in [0, 0.1) is 6.92 Å². The molecule has 2 aliphatic heterocycles. The molecule has 2 aromatic heterocycles. The summed E-state index contributed by atoms with van der Waals surface area (Å²) >= 11 is 0. The summed E-state index contributed by atoms with van der Waals surface area (Å²) in [6, 6.07) is 3.48. The van der Waals surface area contributed by atoms with Gasteiger partial charge < -0.3 is 14.6 Å². The van der Waals surface area contributed by atoms with Gasteiger partial charge >= 0.3 is 0 Å². The van der Waals surface area contributed by atoms with Gasteiger partial charge in [-0.05, 0) is 25.8 Å². The highest BCUT2D eigenvalue weighted by Gasteiger charge is 2.27. The lowest BCUT2D eigenvalue weighted by atomic mass is 10.1. The minimum Gasteiger partial charge on any atom is -0.378 e. The molecule has 26 heavy (non-hydrogen) atoms. The largest absolute Gasteiger partial charge is 0.378 e. The van der Waals surface area contributed by atoms with E-state index in [0.29, 0.717) is 25.6 Å². The Morgan fingerprint density at radius 3 is 2.92 bits per heavy atom. The molecule has 4 rings (SSSR count). The third kappa shape index (κ3) is 3.76. The fourth-order valence-electron chi connectivity index (χ4n) is 3.62. The maximum Gasteiger partial charge on any atom is 0.251 e. The van der Waals surface area contributed by atoms with Crippen LogP contribution < -0.4 is 10.5 Å². The second kappa shape index (κ2) is 7.51. The van der Waals surface area contributed by atoms with Crippen molar-refractivity contribution >= 4 is 5.95 Å². The van der Waals surface area contributed by atoms with Gasteiger partial charge in [0.15, 0.2) is 0 Å². The molecule has 2 saturated heterocycles. The lowest BCUT2D eigenvalue weighted by Gasteiger charge is -2.35. The second-order valence-corrected chi connectivity index (χ2v) is 6.86. The van der Waals surface area contributed by atoms with Gasteiger partial charge in [0.25, 0.3) is 5.56 Å². The average Bonchev–Trinajstić information content (AvgIpc) is 3.16. The molecule has 1 N–H and O–H groups in total. The predicted octanol–water partition coefficient (Wildman–Crippen LogP) is 1.04. The van der Waals surface area contributed by atoms with Crippen molar-refractivity contribution in [2.24, 2.45) is 0 Å². The van der Waals surface area contributed by atoms with Crippen LogP contribution in [0.25, 0.3) is 0 Å². The lowest BCUT2D eigenvalue weighted by Crippen LogP contribution is -2.40. The van der Waals surface area contributed by atoms with Crippen LogP contribution in [-0.4, -0.2) is 57.7 Å². The van der Waals surface area contributed by atoms with Crippen molar-refractivity contribution in [1.82, 2.24) is 24.8 Å². The SMILES string of the molecule is Cc1nc(C2COCCN2Cc2ccnc(N3CCCC3)n2)cc(=O)[nH]1. The summed E-state index contributed by atoms with van der Waals surface area (Å²) in [5.41, 5.74) is 1.60. The number of aromatic amines is 1. The van der Waals surface area contributed by atoms with Crippen molar-refractivity contribution in [3.63, 3.8) is 0 Å². The van der Waals surface area contributed by atoms with E-state index < -0.39 is 0 Å². The van der Waals surface area contributed by atoms with Gasteiger partial charge in [-0.2, -0.15) is 0 Å². The number of rotatable bonds is 4. The van der Waals surface area contributed by atoms with Crippen LogP contribution in [0.4, 0.5) is 5.95 Å². The summed E-state index contributed by atoms with van der Waals surface area (Å²) < 4.78 is 5.65. The van der Waals surface area contributed by atoms with Crippen molar-refractivity contribution < 1.29 is 4.74 Å². The molecule has 4 heterocycles. The van der Waals surface area contributed by atoms with Crippen molar-refractivity contribution in [2.75, 3.05) is 37.7 Å². The standard InChI is InChI=1S/C18H24N6O2/c1-13-20-15(10-17(25)21-13)16-12-26-9-8-24(16)11-14-4-5-19-18(22-14)23-6-2-3-7-23/h4-5,10,16H,2-3,6-9,11-12H2,1H3,(H,20,21,25). The summed E-state index contributed by atoms with van der Waals surface area (Å²) in [6.45, 7) is 6.51. The van der Waals surface area contributed by atoms with Crippen molar-refractivity contribution in [2.45, 2.75) is 32.4 Å². The zero-order chi connectivity index (χ0) is 17.9. The number of H-pyrrole nitrogens is 1. The van der Waals surface area contributed by atoms with Gasteiger partial charge in [0.2, 0.25) is 5.95 Å². The van der Waals surface area contributed by atoms with Gasteiger partial charge in [-0.25, -0.2) is 15.0 Å². The average molecular weight is 356 g/mol. The Kier molecular flexibility index (Phi) is 4.94. The zero-order valence-electron chi connectivity index (χ0n) is 15.0. The topological polar surface area (TPSA) is 87.2 Å². The van der Waals surface area contributed by atoms with Crippen molar-refractivity contribution in [3.8, 4) is 0 Å². The molecule has 0 saturated carbocycles. The van der Waals surface area contributed by atoms with Crippen molar-refractivity contribution in [3.05, 3.63) is 45.9 Å². The molecule has 0 spiro atoms. The minimum absolute atomic E-state index is 0.0463. The van der Waals surface area contributed by atoms with Gasteiger partial charge in [-0.1, -0.05) is 0 Å². The normalized spacial score (nSPS) is 21.3. The highest BCUT2D eigenvalue weighted by Crippen LogP contribution is 2.24. The molecule has 0 amide bonds. The zero-order valence-corrected chi connectivity index (χ0v) is 15.0. The smallest absolute Gasteiger partial charge is 0.251 e. The molecule has 1 unspecified atom stereocenters. The van der Waals surface area contributed by atoms with Gasteiger partial charge in [0.1, 0.15) is 5.82 Å². The van der Waals surface area contributed by atoms with E-state index in [1.54, 1.807) is 13.0 Å². The van der Waals surface area contributed by atoms with Crippen LogP contribution in [-0.2, 0) is 11.3 Å². The number of nitrogens with zero attached hydrogens (tertiary/aromatic N) is 5. The number of aromatic nitrogens is 4. The number of aryl methyl sites for hydroxylation is 1. The molecule has 0 aliphatic carbocycles. The predicted molar refractivity (Wildman–Crippen MR) is 97.0 cm³/mol. The Hall–Kier alpha value is -2.32. The summed E-state index contributed by atoms with van der Waals surface area (Å²) in [6.07, 6.45) is 4.24. The number of anilines is 1. The Morgan fingerprint density at radius 2 is 2.12 bits per heavy atom. The van der Waals surface area contributed by atoms with Crippen LogP contribution in [0.5, 0.6) is 0 Å². The first-order valence-electron chi connectivity index (χ1n) is 9.15. The molecule has 8 nitrogen and oxygen atoms in total. The Morgan fingerprint density at radius 1 is 1.27 bits per heavy atom. The summed E-state index contributed by atoms with van der Waals surface area (Å²) in [7, 11) is 0. The lowest BCUT2D eigenvalue weighted by molar-refractivity contribution is -0.0149. The fraction of sp³-hybridized carbons (Fsp3) is 0.556. The molecule has 2 fully saturated rings. The summed E-state index contributed by atoms with van der Waals surface area (Å²) in [5.74, 6) is 1.44. The minimum atomic E-state index is -0.128. The first-order chi connectivity index (χ1) is 12.7. The molecule has 0 bridgehead atoms. The third-order valence-corrected chi connectivity index (χ3v) is 4.92. The molecule has 0 aromatic carbocycles. The summed E-state index contributed by atoms with van der Waals surface area (Å²) in [5, 5.41) is 0. The highest BCUT2D eigenvalue weighted by atomic mass is 16.5. The van der Waals surface area contributed by atoms with E-state index in [1.807, 2.05) is 12.3 Å². The summed E-state index contributed by atoms with van der Waals surface area (Å²) in [4.78, 5) is 32.7. The van der Waals surface area contributed by atoms with E-state index in [1.165, 1.54) is 12.8 Å². The van der Waals surface area contributed by atoms with Crippen LogP contribution in [0.3, 0.4) is 0 Å². The van der Waals surface area contributed by atoms with Gasteiger partial charge in [-0.3, -0.25) is 9.69 Å². The number of hydrogen-bond donors (Lipinski definition) is 1. The van der Waals surface area contributed by atoms with Crippen LogP contribution >= 0.6 is 0 Å². The maximum atomic E-state index is 11.8. The van der Waals surface area contributed by atoms with Gasteiger partial charge in [-0.15, -0.1) is 0 Å². The second-order valence-electron chi connectivity index (χ2n) is 6.86. The van der Waals surface area contributed by atoms with E-state index in [-0.39, 0.29) is 11.6 Å². The molecule has 138 valence electrons. The maximum absolute atomic E-state index is 11.8. The number of hydrogen-bond acceptors (Lipinski definition) is 7. The van der Waals surface area contributed by atoms with Crippen molar-refractivity contribution in [1.29, 1.82) is 0 Å². The van der Waals surface area contributed by atoms with Crippen LogP contribution in [0.2, 0.25) is 0 Å². The Bertz CT molecular complexity index is 817. The molecule has 2 aromatic rings. The number of nitrogens with one attached hydrogen (secondary N) is 1. The van der Waals surface area contributed by atoms with E-state index >= 15 is 0 Å². The first-order valence-corrected chi connectivity index (χ1v) is 9.15. The van der Waals surface area contributed by atoms with E-state index in [4.69, 9.17) is 9.72 Å². The van der Waals surface area contributed by atoms with Gasteiger partial charge in [0, 0.05) is 38.4 Å². The first kappa shape index (κ1) is 17.1. The molecule has 1 atom stereocenters. The molecule has 8 heteroatoms. The van der Waals surface area contributed by atoms with E-state index in [9.17, 15) is 4.79 Å². The van der Waals surface area contributed by atoms with E-state index in [0.717, 1.165) is 37.0 Å². The fourth-order valence-corrected chi connectivity index (χ4v) is 3.62. The van der Waals surface area contributed by atoms with E-state index in [2.05, 4.69) is 24.8 Å². The van der Waals surface area contributed by atoms with Crippen LogP contribution in [0.15, 0.2) is 23.1 Å². The Balaban J connectivity index is 1.55. The number of morpholine rings is 1. The molecular weight excluding hydrogens is 332 g/mol.